The van der Waals surface area contributed by atoms with Gasteiger partial charge in [-0.1, -0.05) is 0 Å². The summed E-state index contributed by atoms with van der Waals surface area (Å²) in [4.78, 5) is 22.1. The molecule has 0 unspecified atom stereocenters. The predicted octanol–water partition coefficient (Wildman–Crippen LogP) is 3.93. The van der Waals surface area contributed by atoms with Gasteiger partial charge in [0.05, 0.1) is 24.0 Å². The van der Waals surface area contributed by atoms with Crippen LogP contribution in [0.3, 0.4) is 0 Å². The molecule has 154 valence electrons. The second kappa shape index (κ2) is 9.87. The molecule has 0 aliphatic heterocycles. The quantitative estimate of drug-likeness (QED) is 0.325. The molecule has 2 aromatic carbocycles. The molecule has 9 heteroatoms. The van der Waals surface area contributed by atoms with Crippen LogP contribution in [0.15, 0.2) is 70.4 Å². The van der Waals surface area contributed by atoms with Crippen LogP contribution < -0.4 is 14.9 Å². The number of hydrogen-bond donors (Lipinski definition) is 1. The van der Waals surface area contributed by atoms with Gasteiger partial charge in [0.15, 0.2) is 17.3 Å². The number of carbonyl (C=O) groups excluding carboxylic acids is 1. The smallest absolute Gasteiger partial charge is 0.307 e. The molecule has 9 nitrogen and oxygen atoms in total. The van der Waals surface area contributed by atoms with Gasteiger partial charge in [-0.3, -0.25) is 14.9 Å². The van der Waals surface area contributed by atoms with Crippen molar-refractivity contribution in [2.45, 2.75) is 13.5 Å². The lowest BCUT2D eigenvalue weighted by molar-refractivity contribution is -0.384. The van der Waals surface area contributed by atoms with E-state index in [1.54, 1.807) is 36.4 Å². The monoisotopic (exact) mass is 409 g/mol. The largest absolute Gasteiger partial charge is 0.490 e. The summed E-state index contributed by atoms with van der Waals surface area (Å²) >= 11 is 0. The molecule has 0 atom stereocenters. The summed E-state index contributed by atoms with van der Waals surface area (Å²) < 4.78 is 16.4. The lowest BCUT2D eigenvalue weighted by atomic mass is 10.2. The molecule has 0 aliphatic carbocycles. The van der Waals surface area contributed by atoms with Crippen LogP contribution in [0.5, 0.6) is 11.5 Å². The number of nitro benzene ring substituents is 1. The molecule has 3 rings (SSSR count). The number of benzene rings is 2. The topological polar surface area (TPSA) is 116 Å². The van der Waals surface area contributed by atoms with E-state index in [2.05, 4.69) is 10.5 Å². The molecule has 0 saturated carbocycles. The summed E-state index contributed by atoms with van der Waals surface area (Å²) in [5.41, 5.74) is 3.88. The normalized spacial score (nSPS) is 10.7. The van der Waals surface area contributed by atoms with E-state index in [1.807, 2.05) is 6.92 Å². The molecule has 0 aliphatic rings. The zero-order valence-corrected chi connectivity index (χ0v) is 16.1. The fourth-order valence-electron chi connectivity index (χ4n) is 2.50. The van der Waals surface area contributed by atoms with Gasteiger partial charge in [-0.05, 0) is 60.5 Å². The van der Waals surface area contributed by atoms with Crippen LogP contribution in [0.1, 0.15) is 28.6 Å². The van der Waals surface area contributed by atoms with Crippen molar-refractivity contribution in [2.75, 3.05) is 6.61 Å². The Morgan fingerprint density at radius 3 is 2.63 bits per heavy atom. The molecule has 1 amide bonds. The van der Waals surface area contributed by atoms with Crippen molar-refractivity contribution in [1.29, 1.82) is 0 Å². The van der Waals surface area contributed by atoms with Crippen molar-refractivity contribution in [3.05, 3.63) is 87.9 Å². The van der Waals surface area contributed by atoms with Crippen LogP contribution in [0.2, 0.25) is 0 Å². The van der Waals surface area contributed by atoms with Gasteiger partial charge >= 0.3 is 5.91 Å². The van der Waals surface area contributed by atoms with E-state index in [0.29, 0.717) is 23.7 Å². The number of non-ortho nitro benzene ring substituents is 1. The van der Waals surface area contributed by atoms with Crippen molar-refractivity contribution in [2.24, 2.45) is 5.10 Å². The predicted molar refractivity (Wildman–Crippen MR) is 109 cm³/mol. The van der Waals surface area contributed by atoms with E-state index in [9.17, 15) is 14.9 Å². The minimum atomic E-state index is -0.454. The lowest BCUT2D eigenvalue weighted by Gasteiger charge is -2.12. The maximum atomic E-state index is 11.8. The Labute approximate surface area is 172 Å². The fraction of sp³-hybridized carbons (Fsp3) is 0.143. The van der Waals surface area contributed by atoms with E-state index < -0.39 is 10.8 Å². The number of rotatable bonds is 9. The molecule has 0 radical (unpaired) electrons. The number of ether oxygens (including phenoxy) is 2. The molecule has 30 heavy (non-hydrogen) atoms. The number of nitrogens with zero attached hydrogens (tertiary/aromatic N) is 2. The first-order valence-corrected chi connectivity index (χ1v) is 9.06. The molecule has 0 bridgehead atoms. The van der Waals surface area contributed by atoms with E-state index in [4.69, 9.17) is 13.9 Å². The number of hydrogen-bond acceptors (Lipinski definition) is 7. The average Bonchev–Trinajstić information content (AvgIpc) is 3.29. The summed E-state index contributed by atoms with van der Waals surface area (Å²) in [7, 11) is 0. The van der Waals surface area contributed by atoms with Gasteiger partial charge in [0.25, 0.3) is 5.69 Å². The molecule has 0 spiro atoms. The Balaban J connectivity index is 1.64. The second-order valence-electron chi connectivity index (χ2n) is 6.03. The van der Waals surface area contributed by atoms with Crippen LogP contribution in [-0.2, 0) is 6.61 Å². The maximum Gasteiger partial charge on any atom is 0.307 e. The maximum absolute atomic E-state index is 11.8. The van der Waals surface area contributed by atoms with Crippen molar-refractivity contribution in [1.82, 2.24) is 5.43 Å². The van der Waals surface area contributed by atoms with Gasteiger partial charge < -0.3 is 13.9 Å². The molecule has 1 N–H and O–H groups in total. The van der Waals surface area contributed by atoms with E-state index >= 15 is 0 Å². The number of nitro groups is 1. The summed E-state index contributed by atoms with van der Waals surface area (Å²) in [6.45, 7) is 2.51. The van der Waals surface area contributed by atoms with Crippen LogP contribution in [0.4, 0.5) is 5.69 Å². The molecule has 1 heterocycles. The van der Waals surface area contributed by atoms with Gasteiger partial charge in [0.1, 0.15) is 6.61 Å². The van der Waals surface area contributed by atoms with Crippen LogP contribution in [0.25, 0.3) is 0 Å². The highest BCUT2D eigenvalue weighted by Crippen LogP contribution is 2.29. The second-order valence-corrected chi connectivity index (χ2v) is 6.03. The Morgan fingerprint density at radius 2 is 1.97 bits per heavy atom. The fourth-order valence-corrected chi connectivity index (χ4v) is 2.50. The first-order chi connectivity index (χ1) is 14.6. The minimum absolute atomic E-state index is 0.0246. The van der Waals surface area contributed by atoms with Crippen molar-refractivity contribution in [3.8, 4) is 11.5 Å². The number of furan rings is 1. The lowest BCUT2D eigenvalue weighted by Crippen LogP contribution is -2.16. The minimum Gasteiger partial charge on any atom is -0.490 e. The van der Waals surface area contributed by atoms with Crippen LogP contribution in [0, 0.1) is 10.1 Å². The van der Waals surface area contributed by atoms with E-state index in [1.165, 1.54) is 30.7 Å². The Bertz CT molecular complexity index is 1030. The molecular weight excluding hydrogens is 390 g/mol. The summed E-state index contributed by atoms with van der Waals surface area (Å²) in [6, 6.07) is 14.5. The number of nitrogens with one attached hydrogen (secondary N) is 1. The highest BCUT2D eigenvalue weighted by molar-refractivity contribution is 5.92. The van der Waals surface area contributed by atoms with E-state index in [0.717, 1.165) is 5.56 Å². The summed E-state index contributed by atoms with van der Waals surface area (Å²) in [5.74, 6) is 0.745. The highest BCUT2D eigenvalue weighted by atomic mass is 16.6. The molecule has 0 fully saturated rings. The third kappa shape index (κ3) is 5.44. The third-order valence-corrected chi connectivity index (χ3v) is 3.93. The van der Waals surface area contributed by atoms with Gasteiger partial charge in [-0.2, -0.15) is 5.10 Å². The molecule has 3 aromatic rings. The molecular formula is C21H19N3O6. The van der Waals surface area contributed by atoms with Crippen LogP contribution in [-0.4, -0.2) is 23.7 Å². The summed E-state index contributed by atoms with van der Waals surface area (Å²) in [5, 5.41) is 14.6. The van der Waals surface area contributed by atoms with Crippen molar-refractivity contribution in [3.63, 3.8) is 0 Å². The number of carbonyl (C=O) groups is 1. The van der Waals surface area contributed by atoms with Gasteiger partial charge in [-0.15, -0.1) is 0 Å². The van der Waals surface area contributed by atoms with Crippen molar-refractivity contribution >= 4 is 17.8 Å². The first-order valence-electron chi connectivity index (χ1n) is 9.06. The average molecular weight is 409 g/mol. The summed E-state index contributed by atoms with van der Waals surface area (Å²) in [6.07, 6.45) is 2.88. The Kier molecular flexibility index (Phi) is 6.78. The standard InChI is InChI=1S/C21H19N3O6/c1-2-28-20-12-16(13-22-23-21(25)19-4-3-11-29-19)7-10-18(20)30-14-15-5-8-17(9-6-15)24(26)27/h3-13H,2,14H2,1H3,(H,23,25)/b22-13-. The zero-order valence-electron chi connectivity index (χ0n) is 16.1. The van der Waals surface area contributed by atoms with Crippen molar-refractivity contribution < 1.29 is 23.6 Å². The van der Waals surface area contributed by atoms with Crippen LogP contribution >= 0.6 is 0 Å². The van der Waals surface area contributed by atoms with Gasteiger partial charge in [-0.25, -0.2) is 5.43 Å². The van der Waals surface area contributed by atoms with Gasteiger partial charge in [0.2, 0.25) is 0 Å². The third-order valence-electron chi connectivity index (χ3n) is 3.93. The van der Waals surface area contributed by atoms with Gasteiger partial charge in [0, 0.05) is 12.1 Å². The van der Waals surface area contributed by atoms with E-state index in [-0.39, 0.29) is 18.1 Å². The molecule has 0 saturated heterocycles. The SMILES string of the molecule is CCOc1cc(/C=N\NC(=O)c2ccco2)ccc1OCc1ccc([N+](=O)[O-])cc1. The highest BCUT2D eigenvalue weighted by Gasteiger charge is 2.09. The Morgan fingerprint density at radius 1 is 1.17 bits per heavy atom. The first kappa shape index (κ1) is 20.6. The number of amides is 1. The zero-order chi connectivity index (χ0) is 21.3. The Hall–Kier alpha value is -4.14. The molecule has 1 aromatic heterocycles. The number of hydrazone groups is 1.